The molecule has 2 aromatic rings. The van der Waals surface area contributed by atoms with Crippen LogP contribution in [0.2, 0.25) is 0 Å². The van der Waals surface area contributed by atoms with Crippen molar-refractivity contribution in [2.45, 2.75) is 38.5 Å². The van der Waals surface area contributed by atoms with Gasteiger partial charge in [-0.3, -0.25) is 4.72 Å². The lowest BCUT2D eigenvalue weighted by Gasteiger charge is -2.10. The van der Waals surface area contributed by atoms with E-state index >= 15 is 0 Å². The summed E-state index contributed by atoms with van der Waals surface area (Å²) in [6.07, 6.45) is 1.33. The molecule has 142 valence electrons. The van der Waals surface area contributed by atoms with Gasteiger partial charge in [0.2, 0.25) is 16.0 Å². The maximum absolute atomic E-state index is 12.4. The third-order valence-electron chi connectivity index (χ3n) is 3.41. The predicted octanol–water partition coefficient (Wildman–Crippen LogP) is 2.44. The van der Waals surface area contributed by atoms with Crippen molar-refractivity contribution in [1.82, 2.24) is 9.97 Å². The Labute approximate surface area is 154 Å². The second-order valence-corrected chi connectivity index (χ2v) is 9.40. The summed E-state index contributed by atoms with van der Waals surface area (Å²) in [5, 5.41) is 0. The van der Waals surface area contributed by atoms with Gasteiger partial charge in [0.1, 0.15) is 0 Å². The normalized spacial score (nSPS) is 12.0. The molecule has 0 amide bonds. The zero-order valence-electron chi connectivity index (χ0n) is 14.9. The Bertz CT molecular complexity index is 952. The van der Waals surface area contributed by atoms with Crippen LogP contribution in [0, 0.1) is 13.8 Å². The minimum Gasteiger partial charge on any atom is -0.284 e. The van der Waals surface area contributed by atoms with Gasteiger partial charge in [0.15, 0.2) is 0 Å². The number of nitrogens with one attached hydrogen (secondary N) is 2. The summed E-state index contributed by atoms with van der Waals surface area (Å²) < 4.78 is 53.4. The van der Waals surface area contributed by atoms with E-state index in [4.69, 9.17) is 0 Å². The molecule has 0 radical (unpaired) electrons. The molecular weight excluding hydrogens is 376 g/mol. The van der Waals surface area contributed by atoms with Crippen LogP contribution in [0.15, 0.2) is 35.2 Å². The van der Waals surface area contributed by atoms with Crippen molar-refractivity contribution in [3.8, 4) is 0 Å². The summed E-state index contributed by atoms with van der Waals surface area (Å²) in [5.41, 5.74) is 1.60. The minimum absolute atomic E-state index is 0.00755. The van der Waals surface area contributed by atoms with Crippen LogP contribution in [0.5, 0.6) is 0 Å². The van der Waals surface area contributed by atoms with Crippen molar-refractivity contribution >= 4 is 31.7 Å². The minimum atomic E-state index is -3.87. The number of aryl methyl sites for hydroxylation is 2. The van der Waals surface area contributed by atoms with Gasteiger partial charge in [0.25, 0.3) is 10.0 Å². The number of sulfonamides is 2. The van der Waals surface area contributed by atoms with E-state index < -0.39 is 20.0 Å². The molecule has 0 bridgehead atoms. The molecular formula is C16H22N4O4S2. The molecule has 0 aliphatic carbocycles. The zero-order valence-corrected chi connectivity index (χ0v) is 16.5. The van der Waals surface area contributed by atoms with E-state index in [1.807, 2.05) is 6.92 Å². The highest BCUT2D eigenvalue weighted by atomic mass is 32.2. The van der Waals surface area contributed by atoms with Gasteiger partial charge in [-0.1, -0.05) is 13.3 Å². The number of unbranched alkanes of at least 4 members (excludes halogenated alkanes) is 1. The Morgan fingerprint density at radius 1 is 0.923 bits per heavy atom. The first-order valence-corrected chi connectivity index (χ1v) is 11.2. The fourth-order valence-corrected chi connectivity index (χ4v) is 4.43. The van der Waals surface area contributed by atoms with Crippen molar-refractivity contribution in [3.63, 3.8) is 0 Å². The van der Waals surface area contributed by atoms with E-state index in [9.17, 15) is 16.8 Å². The maximum Gasteiger partial charge on any atom is 0.264 e. The predicted molar refractivity (Wildman–Crippen MR) is 101 cm³/mol. The Kier molecular flexibility index (Phi) is 6.19. The van der Waals surface area contributed by atoms with Crippen molar-refractivity contribution in [2.75, 3.05) is 15.2 Å². The van der Waals surface area contributed by atoms with Gasteiger partial charge in [-0.05, 0) is 50.6 Å². The summed E-state index contributed by atoms with van der Waals surface area (Å²) >= 11 is 0. The number of hydrogen-bond acceptors (Lipinski definition) is 6. The van der Waals surface area contributed by atoms with Gasteiger partial charge in [-0.15, -0.1) is 0 Å². The molecule has 1 aromatic heterocycles. The van der Waals surface area contributed by atoms with E-state index in [2.05, 4.69) is 19.4 Å². The first-order chi connectivity index (χ1) is 12.1. The molecule has 26 heavy (non-hydrogen) atoms. The lowest BCUT2D eigenvalue weighted by atomic mass is 10.3. The standard InChI is InChI=1S/C16H22N4O4S2/c1-4-5-10-25(21,22)19-14-6-8-15(9-7-14)26(23,24)20-16-17-12(2)11-13(3)18-16/h6-9,11,19H,4-5,10H2,1-3H3,(H,17,18,20). The molecule has 0 aliphatic heterocycles. The molecule has 1 heterocycles. The SMILES string of the molecule is CCCCS(=O)(=O)Nc1ccc(S(=O)(=O)Nc2nc(C)cc(C)n2)cc1. The second-order valence-electron chi connectivity index (χ2n) is 5.88. The lowest BCUT2D eigenvalue weighted by Crippen LogP contribution is -2.17. The van der Waals surface area contributed by atoms with Crippen LogP contribution in [0.3, 0.4) is 0 Å². The highest BCUT2D eigenvalue weighted by Crippen LogP contribution is 2.18. The molecule has 1 aromatic carbocycles. The third-order valence-corrected chi connectivity index (χ3v) is 6.13. The number of rotatable bonds is 8. The second kappa shape index (κ2) is 8.00. The highest BCUT2D eigenvalue weighted by molar-refractivity contribution is 7.93. The lowest BCUT2D eigenvalue weighted by molar-refractivity contribution is 0.597. The Balaban J connectivity index is 2.16. The molecule has 8 nitrogen and oxygen atoms in total. The Hall–Kier alpha value is -2.20. The first-order valence-electron chi connectivity index (χ1n) is 8.07. The van der Waals surface area contributed by atoms with Crippen molar-refractivity contribution in [3.05, 3.63) is 41.7 Å². The number of anilines is 2. The molecule has 0 saturated carbocycles. The molecule has 0 unspecified atom stereocenters. The Morgan fingerprint density at radius 2 is 1.50 bits per heavy atom. The summed E-state index contributed by atoms with van der Waals surface area (Å²) in [5.74, 6) is 0.0154. The summed E-state index contributed by atoms with van der Waals surface area (Å²) in [7, 11) is -7.31. The number of benzene rings is 1. The van der Waals surface area contributed by atoms with Crippen LogP contribution in [-0.2, 0) is 20.0 Å². The third kappa shape index (κ3) is 5.67. The molecule has 10 heteroatoms. The van der Waals surface area contributed by atoms with E-state index in [0.717, 1.165) is 6.42 Å². The summed E-state index contributed by atoms with van der Waals surface area (Å²) in [6.45, 7) is 5.39. The number of aromatic nitrogens is 2. The monoisotopic (exact) mass is 398 g/mol. The van der Waals surface area contributed by atoms with Crippen LogP contribution in [0.4, 0.5) is 11.6 Å². The zero-order chi connectivity index (χ0) is 19.4. The highest BCUT2D eigenvalue weighted by Gasteiger charge is 2.17. The summed E-state index contributed by atoms with van der Waals surface area (Å²) in [6, 6.07) is 7.18. The van der Waals surface area contributed by atoms with Gasteiger partial charge in [0.05, 0.1) is 10.6 Å². The molecule has 0 atom stereocenters. The van der Waals surface area contributed by atoms with Crippen molar-refractivity contribution in [2.24, 2.45) is 0 Å². The average Bonchev–Trinajstić information content (AvgIpc) is 2.51. The average molecular weight is 399 g/mol. The van der Waals surface area contributed by atoms with Gasteiger partial charge < -0.3 is 0 Å². The van der Waals surface area contributed by atoms with E-state index in [1.54, 1.807) is 19.9 Å². The molecule has 0 saturated heterocycles. The fourth-order valence-electron chi connectivity index (χ4n) is 2.22. The van der Waals surface area contributed by atoms with Crippen molar-refractivity contribution in [1.29, 1.82) is 0 Å². The molecule has 0 spiro atoms. The molecule has 2 rings (SSSR count). The van der Waals surface area contributed by atoms with Gasteiger partial charge in [-0.25, -0.2) is 31.5 Å². The van der Waals surface area contributed by atoms with Gasteiger partial charge in [0, 0.05) is 17.1 Å². The molecule has 0 fully saturated rings. The quantitative estimate of drug-likeness (QED) is 0.705. The van der Waals surface area contributed by atoms with Crippen molar-refractivity contribution < 1.29 is 16.8 Å². The Morgan fingerprint density at radius 3 is 2.04 bits per heavy atom. The van der Waals surface area contributed by atoms with Crippen LogP contribution < -0.4 is 9.44 Å². The van der Waals surface area contributed by atoms with Crippen LogP contribution in [0.25, 0.3) is 0 Å². The largest absolute Gasteiger partial charge is 0.284 e. The summed E-state index contributed by atoms with van der Waals surface area (Å²) in [4.78, 5) is 8.08. The smallest absolute Gasteiger partial charge is 0.264 e. The van der Waals surface area contributed by atoms with Gasteiger partial charge >= 0.3 is 0 Å². The number of hydrogen-bond donors (Lipinski definition) is 2. The molecule has 2 N–H and O–H groups in total. The van der Waals surface area contributed by atoms with Crippen LogP contribution in [0.1, 0.15) is 31.2 Å². The van der Waals surface area contributed by atoms with E-state index in [1.165, 1.54) is 24.3 Å². The maximum atomic E-state index is 12.4. The molecule has 0 aliphatic rings. The fraction of sp³-hybridized carbons (Fsp3) is 0.375. The van der Waals surface area contributed by atoms with E-state index in [0.29, 0.717) is 23.5 Å². The van der Waals surface area contributed by atoms with Gasteiger partial charge in [-0.2, -0.15) is 0 Å². The number of nitrogens with zero attached hydrogens (tertiary/aromatic N) is 2. The van der Waals surface area contributed by atoms with E-state index in [-0.39, 0.29) is 16.6 Å². The first kappa shape index (κ1) is 20.1. The van der Waals surface area contributed by atoms with Crippen LogP contribution in [-0.4, -0.2) is 32.6 Å². The van der Waals surface area contributed by atoms with Crippen LogP contribution >= 0.6 is 0 Å². The topological polar surface area (TPSA) is 118 Å².